The Morgan fingerprint density at radius 1 is 1.05 bits per heavy atom. The maximum Gasteiger partial charge on any atom is 0.405 e. The zero-order valence-electron chi connectivity index (χ0n) is 11.5. The van der Waals surface area contributed by atoms with Gasteiger partial charge in [0.2, 0.25) is 5.91 Å². The molecule has 0 aliphatic rings. The lowest BCUT2D eigenvalue weighted by Crippen LogP contribution is -2.37. The van der Waals surface area contributed by atoms with Gasteiger partial charge in [-0.25, -0.2) is 4.79 Å². The molecule has 0 fully saturated rings. The molecule has 0 radical (unpaired) electrons. The van der Waals surface area contributed by atoms with E-state index in [1.807, 2.05) is 5.32 Å². The van der Waals surface area contributed by atoms with Crippen LogP contribution in [0.4, 0.5) is 4.79 Å². The molecule has 0 rings (SSSR count). The van der Waals surface area contributed by atoms with Crippen molar-refractivity contribution >= 4 is 12.0 Å². The van der Waals surface area contributed by atoms with Crippen molar-refractivity contribution in [1.82, 2.24) is 10.6 Å². The van der Waals surface area contributed by atoms with Crippen LogP contribution in [0.1, 0.15) is 0 Å². The molecule has 0 aromatic heterocycles. The SMILES string of the molecule is [N-]=[N+]=NCCOCCOCCOCNC(=O)CNC(=O)O. The van der Waals surface area contributed by atoms with Crippen LogP contribution in [0.5, 0.6) is 0 Å². The number of nitrogens with one attached hydrogen (secondary N) is 2. The fourth-order valence-electron chi connectivity index (χ4n) is 1.01. The molecular formula is C10H19N5O6. The number of azide groups is 1. The number of ether oxygens (including phenoxy) is 3. The van der Waals surface area contributed by atoms with Gasteiger partial charge in [0.05, 0.1) is 33.0 Å². The van der Waals surface area contributed by atoms with E-state index in [2.05, 4.69) is 15.3 Å². The van der Waals surface area contributed by atoms with E-state index in [1.165, 1.54) is 0 Å². The van der Waals surface area contributed by atoms with Crippen molar-refractivity contribution in [3.8, 4) is 0 Å². The van der Waals surface area contributed by atoms with E-state index in [-0.39, 0.29) is 26.4 Å². The molecule has 0 unspecified atom stereocenters. The van der Waals surface area contributed by atoms with Crippen molar-refractivity contribution < 1.29 is 28.9 Å². The molecule has 0 aromatic rings. The third-order valence-electron chi connectivity index (χ3n) is 1.91. The van der Waals surface area contributed by atoms with Crippen LogP contribution in [-0.4, -0.2) is 70.0 Å². The molecule has 11 nitrogen and oxygen atoms in total. The summed E-state index contributed by atoms with van der Waals surface area (Å²) in [5.41, 5.74) is 8.01. The van der Waals surface area contributed by atoms with Crippen LogP contribution in [0.2, 0.25) is 0 Å². The molecule has 0 spiro atoms. The van der Waals surface area contributed by atoms with E-state index in [4.69, 9.17) is 24.8 Å². The van der Waals surface area contributed by atoms with Gasteiger partial charge in [0.15, 0.2) is 0 Å². The van der Waals surface area contributed by atoms with Gasteiger partial charge in [-0.3, -0.25) is 4.79 Å². The number of carbonyl (C=O) groups is 2. The van der Waals surface area contributed by atoms with Crippen LogP contribution >= 0.6 is 0 Å². The molecule has 0 bridgehead atoms. The van der Waals surface area contributed by atoms with Crippen LogP contribution in [0.15, 0.2) is 5.11 Å². The lowest BCUT2D eigenvalue weighted by Gasteiger charge is -2.07. The highest BCUT2D eigenvalue weighted by molar-refractivity contribution is 5.81. The molecule has 2 amide bonds. The van der Waals surface area contributed by atoms with Crippen LogP contribution < -0.4 is 10.6 Å². The van der Waals surface area contributed by atoms with Gasteiger partial charge in [-0.15, -0.1) is 0 Å². The second-order valence-corrected chi connectivity index (χ2v) is 3.49. The van der Waals surface area contributed by atoms with Gasteiger partial charge in [0.1, 0.15) is 13.3 Å². The van der Waals surface area contributed by atoms with Gasteiger partial charge >= 0.3 is 6.09 Å². The molecular weight excluding hydrogens is 286 g/mol. The third-order valence-corrected chi connectivity index (χ3v) is 1.91. The average molecular weight is 305 g/mol. The number of nitrogens with zero attached hydrogens (tertiary/aromatic N) is 3. The molecule has 0 aliphatic carbocycles. The first-order valence-electron chi connectivity index (χ1n) is 6.14. The first kappa shape index (κ1) is 18.9. The minimum atomic E-state index is -1.26. The monoisotopic (exact) mass is 305 g/mol. The van der Waals surface area contributed by atoms with Crippen LogP contribution in [0.25, 0.3) is 10.4 Å². The second-order valence-electron chi connectivity index (χ2n) is 3.49. The number of rotatable bonds is 13. The van der Waals surface area contributed by atoms with E-state index in [1.54, 1.807) is 0 Å². The first-order valence-corrected chi connectivity index (χ1v) is 6.14. The summed E-state index contributed by atoms with van der Waals surface area (Å²) in [6, 6.07) is 0. The fraction of sp³-hybridized carbons (Fsp3) is 0.800. The minimum Gasteiger partial charge on any atom is -0.465 e. The molecule has 21 heavy (non-hydrogen) atoms. The molecule has 0 saturated carbocycles. The maximum atomic E-state index is 11.0. The Bertz CT molecular complexity index is 347. The summed E-state index contributed by atoms with van der Waals surface area (Å²) in [4.78, 5) is 23.7. The molecule has 0 aromatic carbocycles. The number of carboxylic acid groups (broad SMARTS) is 1. The Balaban J connectivity index is 3.16. The topological polar surface area (TPSA) is 155 Å². The summed E-state index contributed by atoms with van der Waals surface area (Å²) in [6.45, 7) is 1.69. The first-order chi connectivity index (χ1) is 10.2. The molecule has 0 atom stereocenters. The molecule has 120 valence electrons. The molecule has 0 heterocycles. The predicted molar refractivity (Wildman–Crippen MR) is 70.6 cm³/mol. The van der Waals surface area contributed by atoms with Gasteiger partial charge in [-0.2, -0.15) is 0 Å². The third kappa shape index (κ3) is 15.9. The van der Waals surface area contributed by atoms with Crippen LogP contribution in [0, 0.1) is 0 Å². The Morgan fingerprint density at radius 3 is 2.29 bits per heavy atom. The van der Waals surface area contributed by atoms with E-state index in [0.717, 1.165) is 0 Å². The highest BCUT2D eigenvalue weighted by atomic mass is 16.5. The smallest absolute Gasteiger partial charge is 0.405 e. The molecule has 11 heteroatoms. The zero-order valence-corrected chi connectivity index (χ0v) is 11.5. The van der Waals surface area contributed by atoms with E-state index >= 15 is 0 Å². The number of hydrogen-bond donors (Lipinski definition) is 3. The summed E-state index contributed by atoms with van der Waals surface area (Å²) in [7, 11) is 0. The summed E-state index contributed by atoms with van der Waals surface area (Å²) in [6.07, 6.45) is -1.26. The Labute approximate surface area is 121 Å². The Morgan fingerprint density at radius 2 is 1.67 bits per heavy atom. The number of carbonyl (C=O) groups excluding carboxylic acids is 1. The largest absolute Gasteiger partial charge is 0.465 e. The van der Waals surface area contributed by atoms with Crippen molar-refractivity contribution in [2.24, 2.45) is 5.11 Å². The predicted octanol–water partition coefficient (Wildman–Crippen LogP) is -0.312. The lowest BCUT2D eigenvalue weighted by atomic mass is 10.6. The molecule has 0 aliphatic heterocycles. The highest BCUT2D eigenvalue weighted by Gasteiger charge is 2.01. The highest BCUT2D eigenvalue weighted by Crippen LogP contribution is 1.81. The van der Waals surface area contributed by atoms with Crippen molar-refractivity contribution in [3.05, 3.63) is 10.4 Å². The number of hydrogen-bond acceptors (Lipinski definition) is 6. The molecule has 3 N–H and O–H groups in total. The fourth-order valence-corrected chi connectivity index (χ4v) is 1.01. The van der Waals surface area contributed by atoms with Crippen molar-refractivity contribution in [2.75, 3.05) is 52.9 Å². The minimum absolute atomic E-state index is 0.0217. The van der Waals surface area contributed by atoms with E-state index in [0.29, 0.717) is 26.4 Å². The average Bonchev–Trinajstić information content (AvgIpc) is 2.46. The van der Waals surface area contributed by atoms with Crippen LogP contribution in [-0.2, 0) is 19.0 Å². The van der Waals surface area contributed by atoms with Crippen molar-refractivity contribution in [1.29, 1.82) is 0 Å². The Hall–Kier alpha value is -2.07. The van der Waals surface area contributed by atoms with Gasteiger partial charge in [0.25, 0.3) is 0 Å². The van der Waals surface area contributed by atoms with E-state index in [9.17, 15) is 9.59 Å². The summed E-state index contributed by atoms with van der Waals surface area (Å²) in [5, 5.41) is 15.8. The van der Waals surface area contributed by atoms with Gasteiger partial charge in [-0.1, -0.05) is 5.11 Å². The quantitative estimate of drug-likeness (QED) is 0.139. The van der Waals surface area contributed by atoms with Crippen molar-refractivity contribution in [2.45, 2.75) is 0 Å². The standard InChI is InChI=1S/C10H19N5O6/c11-15-14-1-2-19-3-4-20-5-6-21-8-13-9(16)7-12-10(17)18/h12H,1-8H2,(H,13,16)(H,17,18). The van der Waals surface area contributed by atoms with E-state index < -0.39 is 12.0 Å². The maximum absolute atomic E-state index is 11.0. The summed E-state index contributed by atoms with van der Waals surface area (Å²) in [5.74, 6) is -0.480. The van der Waals surface area contributed by atoms with Crippen LogP contribution in [0.3, 0.4) is 0 Å². The summed E-state index contributed by atoms with van der Waals surface area (Å²) >= 11 is 0. The lowest BCUT2D eigenvalue weighted by molar-refractivity contribution is -0.122. The number of amides is 2. The summed E-state index contributed by atoms with van der Waals surface area (Å²) < 4.78 is 15.3. The Kier molecular flexibility index (Phi) is 12.9. The van der Waals surface area contributed by atoms with Crippen molar-refractivity contribution in [3.63, 3.8) is 0 Å². The van der Waals surface area contributed by atoms with Gasteiger partial charge in [0, 0.05) is 11.5 Å². The normalized spacial score (nSPS) is 9.71. The molecule has 0 saturated heterocycles. The van der Waals surface area contributed by atoms with Gasteiger partial charge in [-0.05, 0) is 5.53 Å². The van der Waals surface area contributed by atoms with Gasteiger partial charge < -0.3 is 30.0 Å². The second kappa shape index (κ2) is 14.3. The zero-order chi connectivity index (χ0) is 15.8.